The molecular formula is C18H14O6. The van der Waals surface area contributed by atoms with Crippen LogP contribution in [0.25, 0.3) is 22.3 Å². The number of phenolic OH excluding ortho intramolecular Hbond substituents is 3. The third-order valence-electron chi connectivity index (χ3n) is 3.74. The van der Waals surface area contributed by atoms with Crippen molar-refractivity contribution in [3.8, 4) is 28.6 Å². The molecule has 0 spiro atoms. The number of carbonyl (C=O) groups is 2. The van der Waals surface area contributed by atoms with Crippen LogP contribution in [0.2, 0.25) is 0 Å². The van der Waals surface area contributed by atoms with Gasteiger partial charge in [0.25, 0.3) is 0 Å². The lowest BCUT2D eigenvalue weighted by atomic mass is 10.0. The van der Waals surface area contributed by atoms with E-state index in [9.17, 15) is 24.9 Å². The Labute approximate surface area is 136 Å². The molecule has 6 nitrogen and oxygen atoms in total. The van der Waals surface area contributed by atoms with Crippen LogP contribution in [0.15, 0.2) is 34.7 Å². The van der Waals surface area contributed by atoms with Gasteiger partial charge in [-0.25, -0.2) is 0 Å². The fourth-order valence-electron chi connectivity index (χ4n) is 2.64. The third-order valence-corrected chi connectivity index (χ3v) is 3.74. The fraction of sp³-hybridized carbons (Fsp3) is 0.111. The molecule has 0 saturated heterocycles. The van der Waals surface area contributed by atoms with E-state index in [0.717, 1.165) is 0 Å². The number of hydrogen-bond acceptors (Lipinski definition) is 6. The zero-order valence-electron chi connectivity index (χ0n) is 12.7. The van der Waals surface area contributed by atoms with Crippen molar-refractivity contribution in [2.45, 2.75) is 13.3 Å². The highest BCUT2D eigenvalue weighted by Gasteiger charge is 2.21. The number of fused-ring (bicyclic) bond motifs is 1. The van der Waals surface area contributed by atoms with Crippen LogP contribution >= 0.6 is 0 Å². The van der Waals surface area contributed by atoms with Crippen molar-refractivity contribution in [3.05, 3.63) is 41.5 Å². The van der Waals surface area contributed by atoms with Crippen LogP contribution in [-0.2, 0) is 11.2 Å². The fourth-order valence-corrected chi connectivity index (χ4v) is 2.64. The first kappa shape index (κ1) is 15.6. The molecule has 2 aromatic carbocycles. The van der Waals surface area contributed by atoms with E-state index in [0.29, 0.717) is 17.4 Å². The van der Waals surface area contributed by atoms with Gasteiger partial charge in [-0.1, -0.05) is 6.07 Å². The normalized spacial score (nSPS) is 10.9. The highest BCUT2D eigenvalue weighted by atomic mass is 16.3. The summed E-state index contributed by atoms with van der Waals surface area (Å²) in [5.41, 5.74) is 1.16. The molecule has 122 valence electrons. The van der Waals surface area contributed by atoms with E-state index in [1.807, 2.05) is 0 Å². The first-order chi connectivity index (χ1) is 11.4. The van der Waals surface area contributed by atoms with Gasteiger partial charge in [0.2, 0.25) is 0 Å². The Morgan fingerprint density at radius 2 is 1.88 bits per heavy atom. The van der Waals surface area contributed by atoms with Crippen molar-refractivity contribution in [2.75, 3.05) is 0 Å². The maximum absolute atomic E-state index is 11.6. The summed E-state index contributed by atoms with van der Waals surface area (Å²) in [6.45, 7) is 1.41. The number of aromatic hydroxyl groups is 3. The molecule has 0 bridgehead atoms. The summed E-state index contributed by atoms with van der Waals surface area (Å²) < 4.78 is 5.64. The van der Waals surface area contributed by atoms with E-state index in [2.05, 4.69) is 0 Å². The maximum Gasteiger partial charge on any atom is 0.158 e. The van der Waals surface area contributed by atoms with E-state index >= 15 is 0 Å². The molecule has 3 aromatic rings. The van der Waals surface area contributed by atoms with Gasteiger partial charge in [0.1, 0.15) is 22.9 Å². The predicted molar refractivity (Wildman–Crippen MR) is 86.4 cm³/mol. The molecule has 0 saturated carbocycles. The van der Waals surface area contributed by atoms with E-state index in [4.69, 9.17) is 4.42 Å². The molecule has 0 atom stereocenters. The van der Waals surface area contributed by atoms with Gasteiger partial charge in [0, 0.05) is 17.5 Å². The van der Waals surface area contributed by atoms with Crippen LogP contribution in [0.3, 0.4) is 0 Å². The minimum atomic E-state index is -0.355. The molecule has 3 N–H and O–H groups in total. The maximum atomic E-state index is 11.6. The summed E-state index contributed by atoms with van der Waals surface area (Å²) >= 11 is 0. The molecule has 1 aromatic heterocycles. The minimum Gasteiger partial charge on any atom is -0.507 e. The van der Waals surface area contributed by atoms with Crippen molar-refractivity contribution in [1.82, 2.24) is 0 Å². The number of furan rings is 1. The van der Waals surface area contributed by atoms with Gasteiger partial charge in [-0.3, -0.25) is 9.59 Å². The second-order valence-corrected chi connectivity index (χ2v) is 5.49. The van der Waals surface area contributed by atoms with Gasteiger partial charge in [-0.05, 0) is 31.2 Å². The lowest BCUT2D eigenvalue weighted by Crippen LogP contribution is -1.96. The van der Waals surface area contributed by atoms with Crippen LogP contribution in [0.1, 0.15) is 22.8 Å². The molecule has 0 aliphatic rings. The molecule has 0 amide bonds. The Bertz CT molecular complexity index is 967. The third kappa shape index (κ3) is 2.48. The molecular weight excluding hydrogens is 312 g/mol. The highest BCUT2D eigenvalue weighted by Crippen LogP contribution is 2.40. The zero-order chi connectivity index (χ0) is 17.4. The monoisotopic (exact) mass is 326 g/mol. The Kier molecular flexibility index (Phi) is 3.73. The predicted octanol–water partition coefficient (Wildman–Crippen LogP) is 3.16. The topological polar surface area (TPSA) is 108 Å². The minimum absolute atomic E-state index is 0.0422. The number of ketones is 1. The second kappa shape index (κ2) is 5.73. The first-order valence-corrected chi connectivity index (χ1v) is 7.16. The van der Waals surface area contributed by atoms with Gasteiger partial charge in [0.15, 0.2) is 17.8 Å². The van der Waals surface area contributed by atoms with E-state index < -0.39 is 0 Å². The van der Waals surface area contributed by atoms with Crippen LogP contribution in [0.4, 0.5) is 0 Å². The van der Waals surface area contributed by atoms with Crippen molar-refractivity contribution in [1.29, 1.82) is 0 Å². The molecule has 0 aliphatic heterocycles. The molecule has 0 fully saturated rings. The van der Waals surface area contributed by atoms with E-state index in [1.54, 1.807) is 12.1 Å². The standard InChI is InChI=1S/C18H14O6/c1-9(20)6-10-3-5-15-16(17(10)23)12(8-19)18(24-15)11-2-4-13(21)14(22)7-11/h2-5,7-8,21-23H,6H2,1H3. The number of Topliss-reactive ketones (excluding diaryl/α,β-unsaturated/α-hetero) is 1. The largest absolute Gasteiger partial charge is 0.507 e. The molecule has 0 unspecified atom stereocenters. The van der Waals surface area contributed by atoms with E-state index in [-0.39, 0.29) is 51.7 Å². The summed E-state index contributed by atoms with van der Waals surface area (Å²) in [5.74, 6) is -0.793. The number of carbonyl (C=O) groups excluding carboxylic acids is 2. The lowest BCUT2D eigenvalue weighted by Gasteiger charge is -2.03. The van der Waals surface area contributed by atoms with Crippen LogP contribution < -0.4 is 0 Å². The van der Waals surface area contributed by atoms with Gasteiger partial charge >= 0.3 is 0 Å². The average Bonchev–Trinajstić information content (AvgIpc) is 2.91. The smallest absolute Gasteiger partial charge is 0.158 e. The van der Waals surface area contributed by atoms with Crippen LogP contribution in [0.5, 0.6) is 17.2 Å². The second-order valence-electron chi connectivity index (χ2n) is 5.49. The molecule has 0 aliphatic carbocycles. The quantitative estimate of drug-likeness (QED) is 0.502. The van der Waals surface area contributed by atoms with Gasteiger partial charge in [-0.2, -0.15) is 0 Å². The summed E-state index contributed by atoms with van der Waals surface area (Å²) in [7, 11) is 0. The summed E-state index contributed by atoms with van der Waals surface area (Å²) in [6, 6.07) is 7.15. The number of phenols is 3. The van der Waals surface area contributed by atoms with Crippen molar-refractivity contribution < 1.29 is 29.3 Å². The molecule has 6 heteroatoms. The molecule has 3 rings (SSSR count). The summed E-state index contributed by atoms with van der Waals surface area (Å²) in [6.07, 6.45) is 0.586. The highest BCUT2D eigenvalue weighted by molar-refractivity contribution is 6.06. The Morgan fingerprint density at radius 1 is 1.12 bits per heavy atom. The number of benzene rings is 2. The first-order valence-electron chi connectivity index (χ1n) is 7.16. The van der Waals surface area contributed by atoms with E-state index in [1.165, 1.54) is 25.1 Å². The van der Waals surface area contributed by atoms with Crippen LogP contribution in [0, 0.1) is 0 Å². The molecule has 1 heterocycles. The molecule has 0 radical (unpaired) electrons. The van der Waals surface area contributed by atoms with Gasteiger partial charge in [0.05, 0.1) is 10.9 Å². The number of aldehydes is 1. The molecule has 24 heavy (non-hydrogen) atoms. The van der Waals surface area contributed by atoms with Crippen molar-refractivity contribution in [2.24, 2.45) is 0 Å². The Hall–Kier alpha value is -3.28. The number of hydrogen-bond donors (Lipinski definition) is 3. The summed E-state index contributed by atoms with van der Waals surface area (Å²) in [5, 5.41) is 29.7. The van der Waals surface area contributed by atoms with Gasteiger partial charge in [-0.15, -0.1) is 0 Å². The van der Waals surface area contributed by atoms with Gasteiger partial charge < -0.3 is 19.7 Å². The zero-order valence-corrected chi connectivity index (χ0v) is 12.7. The van der Waals surface area contributed by atoms with Crippen molar-refractivity contribution >= 4 is 23.0 Å². The van der Waals surface area contributed by atoms with Crippen molar-refractivity contribution in [3.63, 3.8) is 0 Å². The SMILES string of the molecule is CC(=O)Cc1ccc2oc(-c3ccc(O)c(O)c3)c(C=O)c2c1O. The Balaban J connectivity index is 2.26. The average molecular weight is 326 g/mol. The van der Waals surface area contributed by atoms with Crippen LogP contribution in [-0.4, -0.2) is 27.4 Å². The number of rotatable bonds is 4. The summed E-state index contributed by atoms with van der Waals surface area (Å²) in [4.78, 5) is 22.9. The lowest BCUT2D eigenvalue weighted by molar-refractivity contribution is -0.116. The Morgan fingerprint density at radius 3 is 2.50 bits per heavy atom.